The van der Waals surface area contributed by atoms with Crippen LogP contribution in [-0.2, 0) is 9.84 Å². The number of nitrogens with zero attached hydrogens (tertiary/aromatic N) is 2. The maximum atomic E-state index is 12.0. The summed E-state index contributed by atoms with van der Waals surface area (Å²) in [5.41, 5.74) is 0. The lowest BCUT2D eigenvalue weighted by Crippen LogP contribution is -2.19. The van der Waals surface area contributed by atoms with Crippen LogP contribution < -0.4 is 5.32 Å². The molecule has 0 aliphatic carbocycles. The number of nitrogens with one attached hydrogen (secondary N) is 1. The second-order valence-corrected chi connectivity index (χ2v) is 6.12. The fourth-order valence-corrected chi connectivity index (χ4v) is 3.51. The van der Waals surface area contributed by atoms with Gasteiger partial charge in [-0.25, -0.2) is 18.4 Å². The summed E-state index contributed by atoms with van der Waals surface area (Å²) in [6.45, 7) is 1.63. The van der Waals surface area contributed by atoms with E-state index < -0.39 is 9.84 Å². The van der Waals surface area contributed by atoms with Crippen molar-refractivity contribution >= 4 is 21.4 Å². The molecular weight excluding hydrogens is 250 g/mol. The first-order chi connectivity index (χ1) is 7.58. The number of rotatable bonds is 3. The molecule has 1 aliphatic rings. The van der Waals surface area contributed by atoms with Crippen molar-refractivity contribution in [2.75, 3.05) is 18.8 Å². The lowest BCUT2D eigenvalue weighted by atomic mass is 10.2. The van der Waals surface area contributed by atoms with E-state index >= 15 is 0 Å². The third-order valence-electron chi connectivity index (χ3n) is 2.54. The normalized spacial score (nSPS) is 21.2. The van der Waals surface area contributed by atoms with Gasteiger partial charge in [0.1, 0.15) is 0 Å². The second kappa shape index (κ2) is 4.65. The summed E-state index contributed by atoms with van der Waals surface area (Å²) in [6, 6.07) is 1.38. The molecule has 0 aromatic carbocycles. The third-order valence-corrected chi connectivity index (χ3v) is 4.49. The van der Waals surface area contributed by atoms with E-state index in [1.807, 2.05) is 0 Å². The molecule has 2 rings (SSSR count). The Morgan fingerprint density at radius 2 is 2.38 bits per heavy atom. The van der Waals surface area contributed by atoms with E-state index in [0.717, 1.165) is 19.5 Å². The van der Waals surface area contributed by atoms with Crippen molar-refractivity contribution in [3.05, 3.63) is 17.5 Å². The van der Waals surface area contributed by atoms with Crippen LogP contribution in [0.25, 0.3) is 0 Å². The van der Waals surface area contributed by atoms with E-state index in [4.69, 9.17) is 11.6 Å². The van der Waals surface area contributed by atoms with Gasteiger partial charge in [-0.1, -0.05) is 0 Å². The number of aromatic nitrogens is 2. The Hall–Kier alpha value is -0.720. The molecule has 7 heteroatoms. The first kappa shape index (κ1) is 11.8. The summed E-state index contributed by atoms with van der Waals surface area (Å²) < 4.78 is 23.9. The van der Waals surface area contributed by atoms with Gasteiger partial charge in [0.25, 0.3) is 0 Å². The summed E-state index contributed by atoms with van der Waals surface area (Å²) in [4.78, 5) is 7.40. The van der Waals surface area contributed by atoms with Crippen molar-refractivity contribution in [2.45, 2.75) is 11.4 Å². The summed E-state index contributed by atoms with van der Waals surface area (Å²) in [6.07, 6.45) is 2.24. The van der Waals surface area contributed by atoms with Crippen LogP contribution in [0.1, 0.15) is 6.42 Å². The average Bonchev–Trinajstić information content (AvgIpc) is 2.70. The lowest BCUT2D eigenvalue weighted by molar-refractivity contribution is 0.567. The Morgan fingerprint density at radius 1 is 1.56 bits per heavy atom. The Morgan fingerprint density at radius 3 is 3.00 bits per heavy atom. The van der Waals surface area contributed by atoms with Crippen molar-refractivity contribution in [2.24, 2.45) is 5.92 Å². The van der Waals surface area contributed by atoms with Crippen molar-refractivity contribution in [1.29, 1.82) is 0 Å². The highest BCUT2D eigenvalue weighted by Gasteiger charge is 2.25. The van der Waals surface area contributed by atoms with E-state index in [2.05, 4.69) is 15.3 Å². The number of hydrogen-bond acceptors (Lipinski definition) is 5. The Kier molecular flexibility index (Phi) is 3.41. The van der Waals surface area contributed by atoms with E-state index in [1.54, 1.807) is 0 Å². The van der Waals surface area contributed by atoms with Crippen molar-refractivity contribution in [3.8, 4) is 0 Å². The van der Waals surface area contributed by atoms with Crippen LogP contribution in [0.3, 0.4) is 0 Å². The summed E-state index contributed by atoms with van der Waals surface area (Å²) in [5, 5.41) is 3.11. The molecule has 88 valence electrons. The molecule has 0 bridgehead atoms. The van der Waals surface area contributed by atoms with Crippen LogP contribution >= 0.6 is 11.6 Å². The van der Waals surface area contributed by atoms with Gasteiger partial charge in [0, 0.05) is 6.20 Å². The topological polar surface area (TPSA) is 72.0 Å². The number of sulfone groups is 1. The molecule has 16 heavy (non-hydrogen) atoms. The smallest absolute Gasteiger partial charge is 0.223 e. The fourth-order valence-electron chi connectivity index (χ4n) is 1.75. The van der Waals surface area contributed by atoms with Crippen molar-refractivity contribution in [3.63, 3.8) is 0 Å². The molecule has 0 unspecified atom stereocenters. The highest BCUT2D eigenvalue weighted by molar-refractivity contribution is 7.91. The SMILES string of the molecule is O=S(=O)(C[C@H]1CCNC1)c1ccnc(Cl)n1. The zero-order valence-corrected chi connectivity index (χ0v) is 10.1. The van der Waals surface area contributed by atoms with Crippen LogP contribution in [0.2, 0.25) is 5.28 Å². The first-order valence-electron chi connectivity index (χ1n) is 5.00. The summed E-state index contributed by atoms with van der Waals surface area (Å²) in [5.74, 6) is 0.284. The molecule has 1 saturated heterocycles. The van der Waals surface area contributed by atoms with Gasteiger partial charge in [0.15, 0.2) is 14.9 Å². The standard InChI is InChI=1S/C9H12ClN3O2S/c10-9-12-4-2-8(13-9)16(14,15)6-7-1-3-11-5-7/h2,4,7,11H,1,3,5-6H2/t7-/m0/s1. The fraction of sp³-hybridized carbons (Fsp3) is 0.556. The molecule has 0 radical (unpaired) electrons. The van der Waals surface area contributed by atoms with Crippen LogP contribution in [0.15, 0.2) is 17.3 Å². The van der Waals surface area contributed by atoms with Gasteiger partial charge < -0.3 is 5.32 Å². The number of halogens is 1. The van der Waals surface area contributed by atoms with Gasteiger partial charge in [0.05, 0.1) is 5.75 Å². The van der Waals surface area contributed by atoms with E-state index in [-0.39, 0.29) is 22.0 Å². The van der Waals surface area contributed by atoms with Crippen molar-refractivity contribution in [1.82, 2.24) is 15.3 Å². The maximum Gasteiger partial charge on any atom is 0.223 e. The summed E-state index contributed by atoms with van der Waals surface area (Å²) in [7, 11) is -3.34. The molecule has 1 atom stereocenters. The largest absolute Gasteiger partial charge is 0.316 e. The predicted octanol–water partition coefficient (Wildman–Crippen LogP) is 0.513. The minimum absolute atomic E-state index is 0.0133. The van der Waals surface area contributed by atoms with E-state index in [9.17, 15) is 8.42 Å². The molecule has 2 heterocycles. The molecule has 1 aromatic heterocycles. The van der Waals surface area contributed by atoms with E-state index in [0.29, 0.717) is 0 Å². The molecular formula is C9H12ClN3O2S. The third kappa shape index (κ3) is 2.69. The van der Waals surface area contributed by atoms with Gasteiger partial charge in [-0.3, -0.25) is 0 Å². The molecule has 1 N–H and O–H groups in total. The molecule has 1 fully saturated rings. The Bertz CT molecular complexity index is 471. The van der Waals surface area contributed by atoms with Gasteiger partial charge in [-0.15, -0.1) is 0 Å². The van der Waals surface area contributed by atoms with Crippen LogP contribution in [0.5, 0.6) is 0 Å². The molecule has 1 aliphatic heterocycles. The minimum atomic E-state index is -3.34. The summed E-state index contributed by atoms with van der Waals surface area (Å²) >= 11 is 5.57. The van der Waals surface area contributed by atoms with Crippen LogP contribution in [-0.4, -0.2) is 37.2 Å². The zero-order valence-electron chi connectivity index (χ0n) is 8.56. The lowest BCUT2D eigenvalue weighted by Gasteiger charge is -2.08. The van der Waals surface area contributed by atoms with Crippen LogP contribution in [0, 0.1) is 5.92 Å². The van der Waals surface area contributed by atoms with E-state index in [1.165, 1.54) is 12.3 Å². The van der Waals surface area contributed by atoms with Gasteiger partial charge in [-0.2, -0.15) is 0 Å². The molecule has 0 amide bonds. The van der Waals surface area contributed by atoms with Gasteiger partial charge in [-0.05, 0) is 43.1 Å². The zero-order chi connectivity index (χ0) is 11.6. The molecule has 1 aromatic rings. The van der Waals surface area contributed by atoms with Gasteiger partial charge in [0.2, 0.25) is 5.28 Å². The highest BCUT2D eigenvalue weighted by atomic mass is 35.5. The predicted molar refractivity (Wildman–Crippen MR) is 60.1 cm³/mol. The molecule has 5 nitrogen and oxygen atoms in total. The average molecular weight is 262 g/mol. The molecule has 0 spiro atoms. The quantitative estimate of drug-likeness (QED) is 0.634. The highest BCUT2D eigenvalue weighted by Crippen LogP contribution is 2.16. The second-order valence-electron chi connectivity index (χ2n) is 3.80. The van der Waals surface area contributed by atoms with Gasteiger partial charge >= 0.3 is 0 Å². The monoisotopic (exact) mass is 261 g/mol. The molecule has 0 saturated carbocycles. The number of hydrogen-bond donors (Lipinski definition) is 1. The van der Waals surface area contributed by atoms with Crippen LogP contribution in [0.4, 0.5) is 0 Å². The van der Waals surface area contributed by atoms with Crippen molar-refractivity contribution < 1.29 is 8.42 Å². The first-order valence-corrected chi connectivity index (χ1v) is 7.03. The Balaban J connectivity index is 2.18. The minimum Gasteiger partial charge on any atom is -0.316 e. The Labute approximate surface area is 99.2 Å². The maximum absolute atomic E-state index is 12.0.